The molecular formula is C13H15N3O4. The van der Waals surface area contributed by atoms with Gasteiger partial charge in [-0.2, -0.15) is 0 Å². The Morgan fingerprint density at radius 3 is 2.45 bits per heavy atom. The molecule has 1 atom stereocenters. The Hall–Kier alpha value is -2.57. The summed E-state index contributed by atoms with van der Waals surface area (Å²) in [4.78, 5) is 35.2. The highest BCUT2D eigenvalue weighted by Crippen LogP contribution is 2.19. The summed E-state index contributed by atoms with van der Waals surface area (Å²) in [7, 11) is 0. The Kier molecular flexibility index (Phi) is 3.88. The molecule has 1 aromatic rings. The number of carboxylic acid groups (broad SMARTS) is 1. The van der Waals surface area contributed by atoms with Crippen LogP contribution < -0.4 is 11.1 Å². The van der Waals surface area contributed by atoms with Crippen molar-refractivity contribution < 1.29 is 19.5 Å². The highest BCUT2D eigenvalue weighted by atomic mass is 16.4. The van der Waals surface area contributed by atoms with E-state index in [1.54, 1.807) is 12.1 Å². The Morgan fingerprint density at radius 2 is 1.90 bits per heavy atom. The van der Waals surface area contributed by atoms with Crippen LogP contribution >= 0.6 is 0 Å². The minimum atomic E-state index is -0.998. The first-order chi connectivity index (χ1) is 9.49. The first-order valence-corrected chi connectivity index (χ1v) is 6.19. The number of nitrogens with two attached hydrogens (primary N) is 1. The molecule has 20 heavy (non-hydrogen) atoms. The molecule has 0 aliphatic carbocycles. The number of anilines is 1. The zero-order valence-electron chi connectivity index (χ0n) is 10.7. The minimum absolute atomic E-state index is 0.340. The van der Waals surface area contributed by atoms with E-state index >= 15 is 0 Å². The highest BCUT2D eigenvalue weighted by Gasteiger charge is 2.33. The van der Waals surface area contributed by atoms with Crippen molar-refractivity contribution in [2.24, 2.45) is 5.73 Å². The molecule has 0 unspecified atom stereocenters. The number of urea groups is 1. The van der Waals surface area contributed by atoms with Crippen molar-refractivity contribution in [3.63, 3.8) is 0 Å². The standard InChI is InChI=1S/C13H15N3O4/c14-11(17)8-3-5-9(6-4-8)15-13(20)16-7-1-2-10(16)12(18)19/h3-6,10H,1-2,7H2,(H2,14,17)(H,15,20)(H,18,19)/t10-/m1/s1. The number of amides is 3. The van der Waals surface area contributed by atoms with Crippen LogP contribution in [-0.2, 0) is 4.79 Å². The molecule has 1 fully saturated rings. The smallest absolute Gasteiger partial charge is 0.326 e. The van der Waals surface area contributed by atoms with Gasteiger partial charge in [0.2, 0.25) is 5.91 Å². The van der Waals surface area contributed by atoms with Crippen molar-refractivity contribution >= 4 is 23.6 Å². The molecule has 7 heteroatoms. The summed E-state index contributed by atoms with van der Waals surface area (Å²) < 4.78 is 0. The predicted molar refractivity (Wildman–Crippen MR) is 71.3 cm³/mol. The van der Waals surface area contributed by atoms with E-state index < -0.39 is 23.9 Å². The first kappa shape index (κ1) is 13.9. The summed E-state index contributed by atoms with van der Waals surface area (Å²) in [5.41, 5.74) is 5.94. The predicted octanol–water partition coefficient (Wildman–Crippen LogP) is 0.866. The maximum Gasteiger partial charge on any atom is 0.326 e. The van der Waals surface area contributed by atoms with E-state index in [1.165, 1.54) is 17.0 Å². The van der Waals surface area contributed by atoms with Gasteiger partial charge in [0.15, 0.2) is 0 Å². The second-order valence-electron chi connectivity index (χ2n) is 4.56. The SMILES string of the molecule is NC(=O)c1ccc(NC(=O)N2CCC[C@@H]2C(=O)O)cc1. The summed E-state index contributed by atoms with van der Waals surface area (Å²) in [5, 5.41) is 11.6. The van der Waals surface area contributed by atoms with Crippen molar-refractivity contribution in [2.75, 3.05) is 11.9 Å². The molecule has 3 amide bonds. The van der Waals surface area contributed by atoms with E-state index in [2.05, 4.69) is 5.32 Å². The Bertz CT molecular complexity index is 541. The Balaban J connectivity index is 2.04. The lowest BCUT2D eigenvalue weighted by Crippen LogP contribution is -2.42. The van der Waals surface area contributed by atoms with Crippen LogP contribution in [0, 0.1) is 0 Å². The van der Waals surface area contributed by atoms with Crippen LogP contribution in [0.15, 0.2) is 24.3 Å². The van der Waals surface area contributed by atoms with Crippen molar-refractivity contribution in [1.29, 1.82) is 0 Å². The number of carbonyl (C=O) groups is 3. The van der Waals surface area contributed by atoms with E-state index in [4.69, 9.17) is 10.8 Å². The van der Waals surface area contributed by atoms with Crippen molar-refractivity contribution in [3.05, 3.63) is 29.8 Å². The average Bonchev–Trinajstić information content (AvgIpc) is 2.88. The van der Waals surface area contributed by atoms with Gasteiger partial charge in [-0.15, -0.1) is 0 Å². The molecule has 4 N–H and O–H groups in total. The van der Waals surface area contributed by atoms with E-state index in [-0.39, 0.29) is 0 Å². The number of likely N-dealkylation sites (tertiary alicyclic amines) is 1. The van der Waals surface area contributed by atoms with Gasteiger partial charge in [0.05, 0.1) is 0 Å². The number of hydrogen-bond donors (Lipinski definition) is 3. The molecule has 2 rings (SSSR count). The fraction of sp³-hybridized carbons (Fsp3) is 0.308. The van der Waals surface area contributed by atoms with Gasteiger partial charge < -0.3 is 21.1 Å². The van der Waals surface area contributed by atoms with Crippen LogP contribution in [0.1, 0.15) is 23.2 Å². The van der Waals surface area contributed by atoms with Gasteiger partial charge in [0.1, 0.15) is 6.04 Å². The van der Waals surface area contributed by atoms with Gasteiger partial charge in [-0.25, -0.2) is 9.59 Å². The second-order valence-corrected chi connectivity index (χ2v) is 4.56. The third-order valence-electron chi connectivity index (χ3n) is 3.22. The number of nitrogens with one attached hydrogen (secondary N) is 1. The third kappa shape index (κ3) is 2.87. The maximum absolute atomic E-state index is 12.0. The van der Waals surface area contributed by atoms with Gasteiger partial charge in [0.25, 0.3) is 0 Å². The normalized spacial score (nSPS) is 17.8. The lowest BCUT2D eigenvalue weighted by atomic mass is 10.2. The van der Waals surface area contributed by atoms with Crippen LogP contribution in [0.3, 0.4) is 0 Å². The van der Waals surface area contributed by atoms with E-state index in [0.29, 0.717) is 30.6 Å². The van der Waals surface area contributed by atoms with E-state index in [9.17, 15) is 14.4 Å². The van der Waals surface area contributed by atoms with Crippen LogP contribution in [0.5, 0.6) is 0 Å². The summed E-state index contributed by atoms with van der Waals surface area (Å²) >= 11 is 0. The molecule has 1 aliphatic rings. The van der Waals surface area contributed by atoms with Crippen LogP contribution in [0.25, 0.3) is 0 Å². The van der Waals surface area contributed by atoms with Crippen LogP contribution in [0.2, 0.25) is 0 Å². The van der Waals surface area contributed by atoms with Crippen molar-refractivity contribution in [3.8, 4) is 0 Å². The van der Waals surface area contributed by atoms with Crippen LogP contribution in [-0.4, -0.2) is 40.5 Å². The number of hydrogen-bond acceptors (Lipinski definition) is 3. The third-order valence-corrected chi connectivity index (χ3v) is 3.22. The molecule has 1 heterocycles. The molecule has 0 aromatic heterocycles. The van der Waals surface area contributed by atoms with Gasteiger partial charge in [-0.1, -0.05) is 0 Å². The quantitative estimate of drug-likeness (QED) is 0.760. The zero-order chi connectivity index (χ0) is 14.7. The maximum atomic E-state index is 12.0. The number of primary amides is 1. The van der Waals surface area contributed by atoms with Gasteiger partial charge >= 0.3 is 12.0 Å². The molecule has 7 nitrogen and oxygen atoms in total. The molecule has 1 aromatic carbocycles. The van der Waals surface area contributed by atoms with Crippen molar-refractivity contribution in [1.82, 2.24) is 4.90 Å². The van der Waals surface area contributed by atoms with E-state index in [0.717, 1.165) is 0 Å². The molecule has 1 aliphatic heterocycles. The number of aliphatic carboxylic acids is 1. The number of carboxylic acids is 1. The van der Waals surface area contributed by atoms with Crippen molar-refractivity contribution in [2.45, 2.75) is 18.9 Å². The lowest BCUT2D eigenvalue weighted by molar-refractivity contribution is -0.141. The zero-order valence-corrected chi connectivity index (χ0v) is 10.7. The average molecular weight is 277 g/mol. The van der Waals surface area contributed by atoms with E-state index in [1.807, 2.05) is 0 Å². The molecule has 0 bridgehead atoms. The molecule has 0 saturated carbocycles. The molecule has 0 radical (unpaired) electrons. The summed E-state index contributed by atoms with van der Waals surface area (Å²) in [6.45, 7) is 0.419. The molecule has 1 saturated heterocycles. The first-order valence-electron chi connectivity index (χ1n) is 6.19. The Morgan fingerprint density at radius 1 is 1.25 bits per heavy atom. The monoisotopic (exact) mass is 277 g/mol. The summed E-state index contributed by atoms with van der Waals surface area (Å²) in [6, 6.07) is 4.85. The largest absolute Gasteiger partial charge is 0.480 e. The summed E-state index contributed by atoms with van der Waals surface area (Å²) in [5.74, 6) is -1.55. The molecular weight excluding hydrogens is 262 g/mol. The summed E-state index contributed by atoms with van der Waals surface area (Å²) in [6.07, 6.45) is 1.13. The van der Waals surface area contributed by atoms with Gasteiger partial charge in [-0.05, 0) is 37.1 Å². The number of benzene rings is 1. The number of nitrogens with zero attached hydrogens (tertiary/aromatic N) is 1. The topological polar surface area (TPSA) is 113 Å². The van der Waals surface area contributed by atoms with Gasteiger partial charge in [-0.3, -0.25) is 4.79 Å². The molecule has 0 spiro atoms. The fourth-order valence-corrected chi connectivity index (χ4v) is 2.18. The Labute approximate surface area is 115 Å². The highest BCUT2D eigenvalue weighted by molar-refractivity contribution is 5.95. The molecule has 106 valence electrons. The number of rotatable bonds is 3. The second kappa shape index (κ2) is 5.60. The fourth-order valence-electron chi connectivity index (χ4n) is 2.18. The number of carbonyl (C=O) groups excluding carboxylic acids is 2. The minimum Gasteiger partial charge on any atom is -0.480 e. The van der Waals surface area contributed by atoms with Crippen LogP contribution in [0.4, 0.5) is 10.5 Å². The van der Waals surface area contributed by atoms with Gasteiger partial charge in [0, 0.05) is 17.8 Å². The lowest BCUT2D eigenvalue weighted by Gasteiger charge is -2.21.